The first-order valence-corrected chi connectivity index (χ1v) is 7.19. The van der Waals surface area contributed by atoms with Crippen LogP contribution in [0.4, 0.5) is 0 Å². The van der Waals surface area contributed by atoms with Crippen molar-refractivity contribution in [1.82, 2.24) is 14.5 Å². The van der Waals surface area contributed by atoms with Crippen LogP contribution in [-0.2, 0) is 6.42 Å². The molecule has 0 saturated carbocycles. The van der Waals surface area contributed by atoms with Crippen molar-refractivity contribution in [2.24, 2.45) is 5.92 Å². The minimum atomic E-state index is -0.288. The second kappa shape index (κ2) is 5.75. The minimum Gasteiger partial charge on any atom is -0.393 e. The number of hydrogen-bond donors (Lipinski definition) is 1. The van der Waals surface area contributed by atoms with Gasteiger partial charge in [0.2, 0.25) is 0 Å². The first-order valence-electron chi connectivity index (χ1n) is 6.42. The largest absolute Gasteiger partial charge is 0.393 e. The number of aromatic nitrogens is 2. The summed E-state index contributed by atoms with van der Waals surface area (Å²) < 4.78 is 3.89. The van der Waals surface area contributed by atoms with Gasteiger partial charge in [0.1, 0.15) is 4.88 Å². The number of nitrogens with zero attached hydrogens (tertiary/aromatic N) is 3. The number of aliphatic hydroxyl groups is 1. The van der Waals surface area contributed by atoms with E-state index in [1.54, 1.807) is 0 Å². The van der Waals surface area contributed by atoms with Gasteiger partial charge >= 0.3 is 0 Å². The lowest BCUT2D eigenvalue weighted by atomic mass is 9.96. The minimum absolute atomic E-state index is 0.0206. The third-order valence-electron chi connectivity index (χ3n) is 3.38. The molecule has 2 unspecified atom stereocenters. The molecule has 1 amide bonds. The smallest absolute Gasteiger partial charge is 0.267 e. The van der Waals surface area contributed by atoms with E-state index in [9.17, 15) is 9.90 Å². The number of carbonyl (C=O) groups is 1. The van der Waals surface area contributed by atoms with Crippen LogP contribution < -0.4 is 0 Å². The van der Waals surface area contributed by atoms with Crippen LogP contribution in [-0.4, -0.2) is 44.7 Å². The first kappa shape index (κ1) is 13.4. The highest BCUT2D eigenvalue weighted by Crippen LogP contribution is 2.21. The highest BCUT2D eigenvalue weighted by Gasteiger charge is 2.29. The Morgan fingerprint density at radius 1 is 1.61 bits per heavy atom. The maximum Gasteiger partial charge on any atom is 0.267 e. The normalized spacial score (nSPS) is 24.3. The van der Waals surface area contributed by atoms with E-state index in [0.717, 1.165) is 18.5 Å². The van der Waals surface area contributed by atoms with E-state index in [2.05, 4.69) is 16.5 Å². The van der Waals surface area contributed by atoms with Crippen molar-refractivity contribution in [2.45, 2.75) is 39.2 Å². The Labute approximate surface area is 111 Å². The summed E-state index contributed by atoms with van der Waals surface area (Å²) in [7, 11) is 0. The van der Waals surface area contributed by atoms with E-state index >= 15 is 0 Å². The monoisotopic (exact) mass is 269 g/mol. The van der Waals surface area contributed by atoms with Gasteiger partial charge in [0.05, 0.1) is 11.8 Å². The predicted octanol–water partition coefficient (Wildman–Crippen LogP) is 1.33. The molecular weight excluding hydrogens is 250 g/mol. The summed E-state index contributed by atoms with van der Waals surface area (Å²) in [6.45, 7) is 5.27. The fraction of sp³-hybridized carbons (Fsp3) is 0.750. The quantitative estimate of drug-likeness (QED) is 0.899. The summed E-state index contributed by atoms with van der Waals surface area (Å²) in [5.41, 5.74) is 0.811. The Morgan fingerprint density at radius 2 is 2.39 bits per heavy atom. The molecule has 18 heavy (non-hydrogen) atoms. The number of rotatable bonds is 3. The highest BCUT2D eigenvalue weighted by molar-refractivity contribution is 7.08. The Kier molecular flexibility index (Phi) is 4.29. The summed E-state index contributed by atoms with van der Waals surface area (Å²) in [5.74, 6) is 0.158. The van der Waals surface area contributed by atoms with Crippen LogP contribution >= 0.6 is 11.5 Å². The zero-order valence-electron chi connectivity index (χ0n) is 10.8. The van der Waals surface area contributed by atoms with Gasteiger partial charge in [-0.3, -0.25) is 4.79 Å². The molecule has 0 spiro atoms. The Bertz CT molecular complexity index is 421. The zero-order valence-corrected chi connectivity index (χ0v) is 11.6. The Morgan fingerprint density at radius 3 is 3.06 bits per heavy atom. The van der Waals surface area contributed by atoms with Crippen LogP contribution in [0.3, 0.4) is 0 Å². The molecule has 2 heterocycles. The molecule has 0 aliphatic carbocycles. The summed E-state index contributed by atoms with van der Waals surface area (Å²) >= 11 is 1.18. The third kappa shape index (κ3) is 2.70. The molecule has 1 N–H and O–H groups in total. The molecule has 1 saturated heterocycles. The van der Waals surface area contributed by atoms with E-state index < -0.39 is 0 Å². The van der Waals surface area contributed by atoms with E-state index in [4.69, 9.17) is 0 Å². The molecule has 0 aromatic carbocycles. The molecule has 1 fully saturated rings. The number of piperidine rings is 1. The SMILES string of the molecule is CCCc1nnsc1C(=O)N1CCC(O)C(C)C1. The molecule has 0 bridgehead atoms. The topological polar surface area (TPSA) is 66.3 Å². The van der Waals surface area contributed by atoms with Gasteiger partial charge in [-0.05, 0) is 30.3 Å². The molecule has 2 atom stereocenters. The van der Waals surface area contributed by atoms with Crippen molar-refractivity contribution in [3.05, 3.63) is 10.6 Å². The fourth-order valence-corrected chi connectivity index (χ4v) is 2.91. The van der Waals surface area contributed by atoms with E-state index in [1.165, 1.54) is 11.5 Å². The van der Waals surface area contributed by atoms with Gasteiger partial charge in [0, 0.05) is 13.1 Å². The summed E-state index contributed by atoms with van der Waals surface area (Å²) in [6.07, 6.45) is 2.12. The maximum absolute atomic E-state index is 12.4. The van der Waals surface area contributed by atoms with Crippen molar-refractivity contribution < 1.29 is 9.90 Å². The van der Waals surface area contributed by atoms with Crippen molar-refractivity contribution in [1.29, 1.82) is 0 Å². The van der Waals surface area contributed by atoms with Gasteiger partial charge in [0.25, 0.3) is 5.91 Å². The van der Waals surface area contributed by atoms with Crippen molar-refractivity contribution in [3.8, 4) is 0 Å². The fourth-order valence-electron chi connectivity index (χ4n) is 2.23. The lowest BCUT2D eigenvalue weighted by Gasteiger charge is -2.34. The lowest BCUT2D eigenvalue weighted by molar-refractivity contribution is 0.0300. The van der Waals surface area contributed by atoms with E-state index in [1.807, 2.05) is 11.8 Å². The molecule has 0 radical (unpaired) electrons. The van der Waals surface area contributed by atoms with Crippen molar-refractivity contribution in [3.63, 3.8) is 0 Å². The molecular formula is C12H19N3O2S. The van der Waals surface area contributed by atoms with Crippen LogP contribution in [0, 0.1) is 5.92 Å². The molecule has 6 heteroatoms. The van der Waals surface area contributed by atoms with Crippen LogP contribution in [0.2, 0.25) is 0 Å². The second-order valence-electron chi connectivity index (χ2n) is 4.88. The van der Waals surface area contributed by atoms with Gasteiger partial charge in [-0.25, -0.2) is 0 Å². The average molecular weight is 269 g/mol. The Balaban J connectivity index is 2.09. The number of aryl methyl sites for hydroxylation is 1. The molecule has 2 rings (SSSR count). The molecule has 100 valence electrons. The molecule has 5 nitrogen and oxygen atoms in total. The molecule has 1 aliphatic heterocycles. The molecule has 1 aliphatic rings. The van der Waals surface area contributed by atoms with Crippen LogP contribution in [0.1, 0.15) is 42.1 Å². The van der Waals surface area contributed by atoms with Crippen LogP contribution in [0.15, 0.2) is 0 Å². The van der Waals surface area contributed by atoms with Gasteiger partial charge in [-0.2, -0.15) is 0 Å². The third-order valence-corrected chi connectivity index (χ3v) is 4.14. The Hall–Kier alpha value is -1.01. The number of hydrogen-bond acceptors (Lipinski definition) is 5. The summed E-state index contributed by atoms with van der Waals surface area (Å²) in [6, 6.07) is 0. The zero-order chi connectivity index (χ0) is 13.1. The van der Waals surface area contributed by atoms with Gasteiger partial charge in [-0.15, -0.1) is 5.10 Å². The van der Waals surface area contributed by atoms with Gasteiger partial charge in [-0.1, -0.05) is 24.8 Å². The van der Waals surface area contributed by atoms with Crippen LogP contribution in [0.25, 0.3) is 0 Å². The first-order chi connectivity index (χ1) is 8.63. The number of likely N-dealkylation sites (tertiary alicyclic amines) is 1. The van der Waals surface area contributed by atoms with E-state index in [0.29, 0.717) is 24.4 Å². The molecule has 1 aromatic rings. The van der Waals surface area contributed by atoms with Crippen molar-refractivity contribution >= 4 is 17.4 Å². The lowest BCUT2D eigenvalue weighted by Crippen LogP contribution is -2.44. The highest BCUT2D eigenvalue weighted by atomic mass is 32.1. The summed E-state index contributed by atoms with van der Waals surface area (Å²) in [4.78, 5) is 14.9. The van der Waals surface area contributed by atoms with Crippen LogP contribution in [0.5, 0.6) is 0 Å². The summed E-state index contributed by atoms with van der Waals surface area (Å²) in [5, 5.41) is 13.7. The maximum atomic E-state index is 12.4. The molecule has 1 aromatic heterocycles. The van der Waals surface area contributed by atoms with E-state index in [-0.39, 0.29) is 17.9 Å². The van der Waals surface area contributed by atoms with Gasteiger partial charge < -0.3 is 10.0 Å². The standard InChI is InChI=1S/C12H19N3O2S/c1-3-4-9-11(18-14-13-9)12(17)15-6-5-10(16)8(2)7-15/h8,10,16H,3-7H2,1-2H3. The number of amides is 1. The van der Waals surface area contributed by atoms with Gasteiger partial charge in [0.15, 0.2) is 0 Å². The van der Waals surface area contributed by atoms with Crippen molar-refractivity contribution in [2.75, 3.05) is 13.1 Å². The number of carbonyl (C=O) groups excluding carboxylic acids is 1. The predicted molar refractivity (Wildman–Crippen MR) is 69.6 cm³/mol. The number of aliphatic hydroxyl groups excluding tert-OH is 1. The average Bonchev–Trinajstić information content (AvgIpc) is 2.80. The second-order valence-corrected chi connectivity index (χ2v) is 5.64.